The topological polar surface area (TPSA) is 58.1 Å². The Labute approximate surface area is 193 Å². The summed E-state index contributed by atoms with van der Waals surface area (Å²) in [7, 11) is 1.74. The number of carbonyl (C=O) groups excluding carboxylic acids is 1. The number of thiophene rings is 1. The molecule has 5 nitrogen and oxygen atoms in total. The fourth-order valence-corrected chi connectivity index (χ4v) is 4.94. The van der Waals surface area contributed by atoms with Crippen LogP contribution in [0.3, 0.4) is 0 Å². The summed E-state index contributed by atoms with van der Waals surface area (Å²) >= 11 is 12.9. The fraction of sp³-hybridized carbons (Fsp3) is 0.174. The van der Waals surface area contributed by atoms with Gasteiger partial charge in [0.15, 0.2) is 4.77 Å². The lowest BCUT2D eigenvalue weighted by Gasteiger charge is -2.17. The number of fused-ring (bicyclic) bond motifs is 1. The molecule has 2 heterocycles. The number of nitrogens with zero attached hydrogens (tertiary/aromatic N) is 2. The molecular weight excluding hydrogens is 450 g/mol. The average Bonchev–Trinajstić information content (AvgIpc) is 3.14. The van der Waals surface area contributed by atoms with Crippen LogP contribution in [0.2, 0.25) is 4.34 Å². The Morgan fingerprint density at radius 1 is 1.19 bits per heavy atom. The van der Waals surface area contributed by atoms with Gasteiger partial charge in [-0.3, -0.25) is 14.2 Å². The molecule has 0 spiro atoms. The first-order valence-corrected chi connectivity index (χ1v) is 11.2. The molecule has 4 rings (SSSR count). The third-order valence-corrected chi connectivity index (χ3v) is 6.83. The van der Waals surface area contributed by atoms with E-state index in [4.69, 9.17) is 23.8 Å². The van der Waals surface area contributed by atoms with Crippen LogP contribution in [-0.4, -0.2) is 27.4 Å². The van der Waals surface area contributed by atoms with Crippen molar-refractivity contribution in [3.8, 4) is 5.69 Å². The number of hydrogen-bond donors (Lipinski definition) is 1. The van der Waals surface area contributed by atoms with Gasteiger partial charge in [-0.1, -0.05) is 23.7 Å². The molecule has 0 radical (unpaired) electrons. The summed E-state index contributed by atoms with van der Waals surface area (Å²) in [5.74, 6) is -0.149. The van der Waals surface area contributed by atoms with E-state index in [-0.39, 0.29) is 16.2 Å². The van der Waals surface area contributed by atoms with E-state index in [9.17, 15) is 9.59 Å². The molecular formula is C23H20ClN3O2S2. The molecule has 0 saturated heterocycles. The number of nitrogens with one attached hydrogen (secondary N) is 1. The number of aromatic nitrogens is 2. The first-order valence-electron chi connectivity index (χ1n) is 9.61. The quantitative estimate of drug-likeness (QED) is 0.393. The van der Waals surface area contributed by atoms with Gasteiger partial charge in [0.1, 0.15) is 0 Å². The highest BCUT2D eigenvalue weighted by atomic mass is 35.5. The molecule has 1 amide bonds. The highest BCUT2D eigenvalue weighted by Crippen LogP contribution is 2.23. The molecule has 0 fully saturated rings. The third-order valence-electron chi connectivity index (χ3n) is 5.33. The van der Waals surface area contributed by atoms with Gasteiger partial charge in [0, 0.05) is 17.5 Å². The highest BCUT2D eigenvalue weighted by molar-refractivity contribution is 7.71. The summed E-state index contributed by atoms with van der Waals surface area (Å²) in [6.07, 6.45) is 0. The van der Waals surface area contributed by atoms with Gasteiger partial charge < -0.3 is 9.88 Å². The van der Waals surface area contributed by atoms with Crippen LogP contribution in [-0.2, 0) is 6.54 Å². The Bertz CT molecular complexity index is 1440. The van der Waals surface area contributed by atoms with Gasteiger partial charge in [0.05, 0.1) is 27.5 Å². The van der Waals surface area contributed by atoms with Crippen LogP contribution in [0.1, 0.15) is 26.4 Å². The lowest BCUT2D eigenvalue weighted by atomic mass is 10.1. The molecule has 0 aliphatic carbocycles. The molecule has 31 heavy (non-hydrogen) atoms. The van der Waals surface area contributed by atoms with Crippen molar-refractivity contribution in [2.24, 2.45) is 0 Å². The normalized spacial score (nSPS) is 11.1. The molecule has 0 atom stereocenters. The standard InChI is InChI=1S/C23H20ClN3O2S2/c1-13-5-4-6-19(14(13)2)27-22(29)17-9-7-15(11-18(17)25-23(27)30)21(28)26(3)12-16-8-10-20(24)31-16/h4-11H,12H2,1-3H3,(H,25,30). The largest absolute Gasteiger partial charge is 0.337 e. The summed E-state index contributed by atoms with van der Waals surface area (Å²) in [4.78, 5) is 31.9. The van der Waals surface area contributed by atoms with E-state index in [1.54, 1.807) is 30.1 Å². The molecule has 2 aromatic heterocycles. The van der Waals surface area contributed by atoms with Crippen molar-refractivity contribution >= 4 is 52.0 Å². The van der Waals surface area contributed by atoms with Crippen LogP contribution < -0.4 is 5.56 Å². The number of aryl methyl sites for hydroxylation is 1. The molecule has 0 bridgehead atoms. The van der Waals surface area contributed by atoms with Gasteiger partial charge in [0.2, 0.25) is 0 Å². The maximum Gasteiger partial charge on any atom is 0.266 e. The zero-order chi connectivity index (χ0) is 22.3. The predicted molar refractivity (Wildman–Crippen MR) is 129 cm³/mol. The molecule has 4 aromatic rings. The summed E-state index contributed by atoms with van der Waals surface area (Å²) < 4.78 is 2.49. The molecule has 158 valence electrons. The minimum atomic E-state index is -0.215. The number of aromatic amines is 1. The molecule has 8 heteroatoms. The lowest BCUT2D eigenvalue weighted by molar-refractivity contribution is 0.0786. The number of rotatable bonds is 4. The zero-order valence-corrected chi connectivity index (χ0v) is 19.6. The third kappa shape index (κ3) is 4.08. The van der Waals surface area contributed by atoms with Gasteiger partial charge in [-0.15, -0.1) is 11.3 Å². The van der Waals surface area contributed by atoms with E-state index in [1.807, 2.05) is 44.2 Å². The van der Waals surface area contributed by atoms with Crippen molar-refractivity contribution in [3.63, 3.8) is 0 Å². The minimum absolute atomic E-state index is 0.149. The molecule has 1 N–H and O–H groups in total. The average molecular weight is 470 g/mol. The second kappa shape index (κ2) is 8.42. The molecule has 0 aliphatic rings. The Morgan fingerprint density at radius 3 is 2.68 bits per heavy atom. The molecule has 0 aliphatic heterocycles. The maximum atomic E-state index is 13.2. The van der Waals surface area contributed by atoms with Gasteiger partial charge in [-0.05, 0) is 73.6 Å². The van der Waals surface area contributed by atoms with Gasteiger partial charge in [0.25, 0.3) is 11.5 Å². The number of amides is 1. The highest BCUT2D eigenvalue weighted by Gasteiger charge is 2.16. The Kier molecular flexibility index (Phi) is 5.83. The van der Waals surface area contributed by atoms with Crippen molar-refractivity contribution in [1.82, 2.24) is 14.5 Å². The van der Waals surface area contributed by atoms with E-state index in [1.165, 1.54) is 15.9 Å². The van der Waals surface area contributed by atoms with E-state index in [0.29, 0.717) is 27.3 Å². The van der Waals surface area contributed by atoms with E-state index in [2.05, 4.69) is 4.98 Å². The Morgan fingerprint density at radius 2 is 1.97 bits per heavy atom. The molecule has 0 unspecified atom stereocenters. The summed E-state index contributed by atoms with van der Waals surface area (Å²) in [6.45, 7) is 4.42. The van der Waals surface area contributed by atoms with Crippen molar-refractivity contribution in [2.75, 3.05) is 7.05 Å². The Balaban J connectivity index is 1.74. The van der Waals surface area contributed by atoms with Crippen molar-refractivity contribution in [2.45, 2.75) is 20.4 Å². The lowest BCUT2D eigenvalue weighted by Crippen LogP contribution is -2.26. The minimum Gasteiger partial charge on any atom is -0.337 e. The zero-order valence-electron chi connectivity index (χ0n) is 17.2. The van der Waals surface area contributed by atoms with Crippen LogP contribution in [0.15, 0.2) is 53.3 Å². The van der Waals surface area contributed by atoms with Gasteiger partial charge in [-0.2, -0.15) is 0 Å². The summed E-state index contributed by atoms with van der Waals surface area (Å²) in [6, 6.07) is 14.5. The number of carbonyl (C=O) groups is 1. The smallest absolute Gasteiger partial charge is 0.266 e. The van der Waals surface area contributed by atoms with E-state index < -0.39 is 0 Å². The van der Waals surface area contributed by atoms with Crippen LogP contribution in [0.4, 0.5) is 0 Å². The number of benzene rings is 2. The van der Waals surface area contributed by atoms with Crippen LogP contribution in [0.25, 0.3) is 16.6 Å². The SMILES string of the molecule is Cc1cccc(-n2c(=S)[nH]c3cc(C(=O)N(C)Cc4ccc(Cl)s4)ccc3c2=O)c1C. The van der Waals surface area contributed by atoms with Crippen LogP contribution in [0.5, 0.6) is 0 Å². The van der Waals surface area contributed by atoms with Gasteiger partial charge in [-0.25, -0.2) is 0 Å². The number of hydrogen-bond acceptors (Lipinski definition) is 4. The van der Waals surface area contributed by atoms with E-state index in [0.717, 1.165) is 21.7 Å². The van der Waals surface area contributed by atoms with Crippen LogP contribution in [0, 0.1) is 18.6 Å². The monoisotopic (exact) mass is 469 g/mol. The molecule has 2 aromatic carbocycles. The number of halogens is 1. The predicted octanol–water partition coefficient (Wildman–Crippen LogP) is 5.65. The Hall–Kier alpha value is -2.74. The van der Waals surface area contributed by atoms with E-state index >= 15 is 0 Å². The number of H-pyrrole nitrogens is 1. The fourth-order valence-electron chi connectivity index (χ4n) is 3.51. The summed E-state index contributed by atoms with van der Waals surface area (Å²) in [5, 5.41) is 0.471. The molecule has 0 saturated carbocycles. The maximum absolute atomic E-state index is 13.2. The first-order chi connectivity index (χ1) is 14.8. The van der Waals surface area contributed by atoms with Crippen molar-refractivity contribution < 1.29 is 4.79 Å². The second-order valence-corrected chi connectivity index (χ2v) is 9.60. The van der Waals surface area contributed by atoms with Crippen molar-refractivity contribution in [1.29, 1.82) is 0 Å². The van der Waals surface area contributed by atoms with Crippen molar-refractivity contribution in [3.05, 3.63) is 89.6 Å². The second-order valence-electron chi connectivity index (χ2n) is 7.42. The first kappa shape index (κ1) is 21.5. The van der Waals surface area contributed by atoms with Crippen LogP contribution >= 0.6 is 35.2 Å². The van der Waals surface area contributed by atoms with Gasteiger partial charge >= 0.3 is 0 Å². The summed E-state index contributed by atoms with van der Waals surface area (Å²) in [5.41, 5.74) is 3.62.